The molecule has 0 unspecified atom stereocenters. The summed E-state index contributed by atoms with van der Waals surface area (Å²) >= 11 is 0. The van der Waals surface area contributed by atoms with Gasteiger partial charge in [0.05, 0.1) is 11.5 Å². The molecule has 21 heavy (non-hydrogen) atoms. The third kappa shape index (κ3) is 4.24. The second kappa shape index (κ2) is 7.14. The Bertz CT molecular complexity index is 503. The standard InChI is InChI=1S/C14H19N3O4/c1-15-14(18)13-10-16(8-9-21-13)7-6-11-2-4-12(5-3-11)17(19)20/h2-5,13H,6-10H2,1H3,(H,15,18)/t13-/m0/s1. The smallest absolute Gasteiger partial charge is 0.269 e. The largest absolute Gasteiger partial charge is 0.366 e. The Morgan fingerprint density at radius 2 is 2.19 bits per heavy atom. The maximum Gasteiger partial charge on any atom is 0.269 e. The lowest BCUT2D eigenvalue weighted by atomic mass is 10.1. The van der Waals surface area contributed by atoms with Gasteiger partial charge in [-0.15, -0.1) is 0 Å². The van der Waals surface area contributed by atoms with Gasteiger partial charge in [-0.25, -0.2) is 0 Å². The van der Waals surface area contributed by atoms with E-state index in [2.05, 4.69) is 10.2 Å². The molecule has 0 spiro atoms. The van der Waals surface area contributed by atoms with Crippen molar-refractivity contribution in [3.8, 4) is 0 Å². The first-order valence-electron chi connectivity index (χ1n) is 6.89. The zero-order valence-electron chi connectivity index (χ0n) is 11.9. The summed E-state index contributed by atoms with van der Waals surface area (Å²) in [6.45, 7) is 2.71. The van der Waals surface area contributed by atoms with E-state index in [-0.39, 0.29) is 11.6 Å². The Balaban J connectivity index is 1.84. The SMILES string of the molecule is CNC(=O)[C@@H]1CN(CCc2ccc([N+](=O)[O-])cc2)CCO1. The minimum absolute atomic E-state index is 0.102. The quantitative estimate of drug-likeness (QED) is 0.634. The van der Waals surface area contributed by atoms with E-state index in [1.54, 1.807) is 19.2 Å². The zero-order chi connectivity index (χ0) is 15.2. The second-order valence-corrected chi connectivity index (χ2v) is 4.95. The van der Waals surface area contributed by atoms with E-state index in [4.69, 9.17) is 4.74 Å². The number of hydrogen-bond donors (Lipinski definition) is 1. The number of ether oxygens (including phenoxy) is 1. The molecule has 1 heterocycles. The van der Waals surface area contributed by atoms with E-state index < -0.39 is 11.0 Å². The van der Waals surface area contributed by atoms with E-state index in [0.717, 1.165) is 25.1 Å². The number of carbonyl (C=O) groups excluding carboxylic acids is 1. The molecule has 0 radical (unpaired) electrons. The number of morpholine rings is 1. The number of likely N-dealkylation sites (N-methyl/N-ethyl adjacent to an activating group) is 1. The molecule has 7 heteroatoms. The van der Waals surface area contributed by atoms with Crippen LogP contribution in [0.3, 0.4) is 0 Å². The highest BCUT2D eigenvalue weighted by molar-refractivity contribution is 5.80. The van der Waals surface area contributed by atoms with Crippen molar-refractivity contribution in [1.29, 1.82) is 0 Å². The average Bonchev–Trinajstić information content (AvgIpc) is 2.52. The average molecular weight is 293 g/mol. The molecule has 0 bridgehead atoms. The number of nitrogens with zero attached hydrogens (tertiary/aromatic N) is 2. The molecule has 0 aliphatic carbocycles. The first kappa shape index (κ1) is 15.4. The summed E-state index contributed by atoms with van der Waals surface area (Å²) in [7, 11) is 1.60. The molecule has 114 valence electrons. The Morgan fingerprint density at radius 3 is 2.81 bits per heavy atom. The van der Waals surface area contributed by atoms with E-state index in [1.807, 2.05) is 0 Å². The molecule has 1 fully saturated rings. The molecule has 7 nitrogen and oxygen atoms in total. The number of hydrogen-bond acceptors (Lipinski definition) is 5. The number of rotatable bonds is 5. The molecule has 1 aliphatic heterocycles. The van der Waals surface area contributed by atoms with Crippen LogP contribution in [0.15, 0.2) is 24.3 Å². The third-order valence-electron chi connectivity index (χ3n) is 3.55. The molecule has 1 aliphatic rings. The Labute approximate surface area is 123 Å². The third-order valence-corrected chi connectivity index (χ3v) is 3.55. The van der Waals surface area contributed by atoms with E-state index in [9.17, 15) is 14.9 Å². The fourth-order valence-corrected chi connectivity index (χ4v) is 2.30. The van der Waals surface area contributed by atoms with E-state index >= 15 is 0 Å². The summed E-state index contributed by atoms with van der Waals surface area (Å²) in [5.41, 5.74) is 1.15. The van der Waals surface area contributed by atoms with Crippen molar-refractivity contribution in [2.75, 3.05) is 33.3 Å². The summed E-state index contributed by atoms with van der Waals surface area (Å²) in [5.74, 6) is -0.102. The molecule has 0 saturated carbocycles. The van der Waals surface area contributed by atoms with Gasteiger partial charge in [0.15, 0.2) is 0 Å². The number of nitro groups is 1. The van der Waals surface area contributed by atoms with Crippen molar-refractivity contribution >= 4 is 11.6 Å². The number of nitro benzene ring substituents is 1. The summed E-state index contributed by atoms with van der Waals surface area (Å²) in [5, 5.41) is 13.2. The van der Waals surface area contributed by atoms with Gasteiger partial charge in [0.25, 0.3) is 5.69 Å². The van der Waals surface area contributed by atoms with Gasteiger partial charge in [0.2, 0.25) is 5.91 Å². The Hall–Kier alpha value is -1.99. The minimum Gasteiger partial charge on any atom is -0.366 e. The van der Waals surface area contributed by atoms with Gasteiger partial charge in [0.1, 0.15) is 6.10 Å². The van der Waals surface area contributed by atoms with Crippen molar-refractivity contribution in [3.05, 3.63) is 39.9 Å². The van der Waals surface area contributed by atoms with Crippen molar-refractivity contribution in [1.82, 2.24) is 10.2 Å². The van der Waals surface area contributed by atoms with Crippen molar-refractivity contribution in [2.45, 2.75) is 12.5 Å². The van der Waals surface area contributed by atoms with Crippen molar-refractivity contribution in [2.24, 2.45) is 0 Å². The number of carbonyl (C=O) groups is 1. The molecule has 1 aromatic carbocycles. The molecule has 0 aromatic heterocycles. The summed E-state index contributed by atoms with van der Waals surface area (Å²) < 4.78 is 5.43. The van der Waals surface area contributed by atoms with Crippen LogP contribution in [0.25, 0.3) is 0 Å². The van der Waals surface area contributed by atoms with Crippen molar-refractivity contribution < 1.29 is 14.5 Å². The molecule has 1 amide bonds. The zero-order valence-corrected chi connectivity index (χ0v) is 11.9. The van der Waals surface area contributed by atoms with E-state index in [0.29, 0.717) is 13.2 Å². The highest BCUT2D eigenvalue weighted by atomic mass is 16.6. The van der Waals surface area contributed by atoms with Gasteiger partial charge >= 0.3 is 0 Å². The van der Waals surface area contributed by atoms with Crippen LogP contribution >= 0.6 is 0 Å². The Morgan fingerprint density at radius 1 is 1.48 bits per heavy atom. The molecule has 1 N–H and O–H groups in total. The Kier molecular flexibility index (Phi) is 5.24. The monoisotopic (exact) mass is 293 g/mol. The molecule has 1 saturated heterocycles. The molecule has 2 rings (SSSR count). The molecule has 1 atom stereocenters. The predicted octanol–water partition coefficient (Wildman–Crippen LogP) is 0.584. The highest BCUT2D eigenvalue weighted by Gasteiger charge is 2.25. The molecular formula is C14H19N3O4. The van der Waals surface area contributed by atoms with Crippen molar-refractivity contribution in [3.63, 3.8) is 0 Å². The van der Waals surface area contributed by atoms with Crippen LogP contribution in [0.1, 0.15) is 5.56 Å². The lowest BCUT2D eigenvalue weighted by Gasteiger charge is -2.31. The first-order valence-corrected chi connectivity index (χ1v) is 6.89. The van der Waals surface area contributed by atoms with Crippen LogP contribution in [-0.4, -0.2) is 55.1 Å². The van der Waals surface area contributed by atoms with Gasteiger partial charge < -0.3 is 10.1 Å². The number of non-ortho nitro benzene ring substituents is 1. The summed E-state index contributed by atoms with van der Waals surface area (Å²) in [4.78, 5) is 23.9. The van der Waals surface area contributed by atoms with Crippen LogP contribution < -0.4 is 5.32 Å². The van der Waals surface area contributed by atoms with Crippen LogP contribution in [-0.2, 0) is 16.0 Å². The van der Waals surface area contributed by atoms with Gasteiger partial charge in [0, 0.05) is 38.8 Å². The molecule has 1 aromatic rings. The minimum atomic E-state index is -0.416. The second-order valence-electron chi connectivity index (χ2n) is 4.95. The van der Waals surface area contributed by atoms with Crippen LogP contribution in [0.4, 0.5) is 5.69 Å². The fraction of sp³-hybridized carbons (Fsp3) is 0.500. The number of nitrogens with one attached hydrogen (secondary N) is 1. The van der Waals surface area contributed by atoms with Crippen LogP contribution in [0, 0.1) is 10.1 Å². The first-order chi connectivity index (χ1) is 10.1. The van der Waals surface area contributed by atoms with E-state index in [1.165, 1.54) is 12.1 Å². The summed E-state index contributed by atoms with van der Waals surface area (Å²) in [6, 6.07) is 6.58. The van der Waals surface area contributed by atoms with Crippen LogP contribution in [0.2, 0.25) is 0 Å². The van der Waals surface area contributed by atoms with Gasteiger partial charge in [-0.2, -0.15) is 0 Å². The summed E-state index contributed by atoms with van der Waals surface area (Å²) in [6.07, 6.45) is 0.374. The number of benzene rings is 1. The van der Waals surface area contributed by atoms with Gasteiger partial charge in [-0.3, -0.25) is 19.8 Å². The maximum absolute atomic E-state index is 11.6. The molecular weight excluding hydrogens is 274 g/mol. The van der Waals surface area contributed by atoms with Gasteiger partial charge in [-0.05, 0) is 12.0 Å². The number of amides is 1. The lowest BCUT2D eigenvalue weighted by molar-refractivity contribution is -0.384. The fourth-order valence-electron chi connectivity index (χ4n) is 2.30. The predicted molar refractivity (Wildman–Crippen MR) is 77.0 cm³/mol. The lowest BCUT2D eigenvalue weighted by Crippen LogP contribution is -2.49. The normalized spacial score (nSPS) is 19.2. The topological polar surface area (TPSA) is 84.7 Å². The van der Waals surface area contributed by atoms with Gasteiger partial charge in [-0.1, -0.05) is 12.1 Å². The highest BCUT2D eigenvalue weighted by Crippen LogP contribution is 2.13. The van der Waals surface area contributed by atoms with Crippen LogP contribution in [0.5, 0.6) is 0 Å². The maximum atomic E-state index is 11.6.